The number of sulfone groups is 1. The molecule has 0 aliphatic rings. The molecular formula is C21H21NO3S. The van der Waals surface area contributed by atoms with Gasteiger partial charge >= 0.3 is 0 Å². The smallest absolute Gasteiger partial charge is 0.239 e. The van der Waals surface area contributed by atoms with Crippen molar-refractivity contribution >= 4 is 32.2 Å². The molecule has 1 N–H and O–H groups in total. The summed E-state index contributed by atoms with van der Waals surface area (Å²) in [6.07, 6.45) is 0.759. The van der Waals surface area contributed by atoms with Gasteiger partial charge in [-0.2, -0.15) is 0 Å². The van der Waals surface area contributed by atoms with Crippen molar-refractivity contribution in [2.45, 2.75) is 25.2 Å². The molecular weight excluding hydrogens is 346 g/mol. The molecule has 0 aliphatic heterocycles. The summed E-state index contributed by atoms with van der Waals surface area (Å²) in [5, 5.41) is 4.57. The molecule has 3 aromatic rings. The highest BCUT2D eigenvalue weighted by Gasteiger charge is 2.20. The summed E-state index contributed by atoms with van der Waals surface area (Å²) in [5.41, 5.74) is 2.61. The van der Waals surface area contributed by atoms with Gasteiger partial charge in [-0.15, -0.1) is 0 Å². The molecule has 0 radical (unpaired) electrons. The minimum absolute atomic E-state index is 0.159. The zero-order valence-electron chi connectivity index (χ0n) is 14.8. The van der Waals surface area contributed by atoms with Crippen LogP contribution in [0.2, 0.25) is 0 Å². The van der Waals surface area contributed by atoms with Crippen LogP contribution < -0.4 is 5.32 Å². The predicted molar refractivity (Wildman–Crippen MR) is 105 cm³/mol. The van der Waals surface area contributed by atoms with E-state index in [2.05, 4.69) is 5.32 Å². The van der Waals surface area contributed by atoms with Crippen molar-refractivity contribution in [3.8, 4) is 0 Å². The lowest BCUT2D eigenvalue weighted by Crippen LogP contribution is -2.24. The maximum Gasteiger partial charge on any atom is 0.239 e. The van der Waals surface area contributed by atoms with Crippen LogP contribution in [0.1, 0.15) is 18.1 Å². The molecule has 0 aliphatic carbocycles. The monoisotopic (exact) mass is 367 g/mol. The van der Waals surface area contributed by atoms with Crippen molar-refractivity contribution < 1.29 is 13.2 Å². The molecule has 0 unspecified atom stereocenters. The fourth-order valence-corrected chi connectivity index (χ4v) is 4.16. The average molecular weight is 367 g/mol. The molecule has 0 saturated heterocycles. The number of fused-ring (bicyclic) bond motifs is 1. The quantitative estimate of drug-likeness (QED) is 0.738. The van der Waals surface area contributed by atoms with E-state index in [0.717, 1.165) is 28.3 Å². The number of carbonyl (C=O) groups excluding carboxylic acids is 1. The first-order chi connectivity index (χ1) is 12.4. The molecule has 0 fully saturated rings. The summed E-state index contributed by atoms with van der Waals surface area (Å²) in [6.45, 7) is 3.89. The lowest BCUT2D eigenvalue weighted by atomic mass is 10.1. The number of benzene rings is 3. The number of anilines is 1. The Labute approximate surface area is 153 Å². The summed E-state index contributed by atoms with van der Waals surface area (Å²) in [4.78, 5) is 12.6. The van der Waals surface area contributed by atoms with Crippen molar-refractivity contribution in [2.24, 2.45) is 0 Å². The standard InChI is InChI=1S/C21H21NO3S/c1-3-16-10-6-7-15(2)21(16)22-20(23)14-26(24,25)19-12-11-17-8-4-5-9-18(17)13-19/h4-13H,3,14H2,1-2H3,(H,22,23). The minimum Gasteiger partial charge on any atom is -0.325 e. The first-order valence-corrected chi connectivity index (χ1v) is 10.2. The van der Waals surface area contributed by atoms with Crippen LogP contribution in [0.3, 0.4) is 0 Å². The molecule has 0 bridgehead atoms. The summed E-state index contributed by atoms with van der Waals surface area (Å²) in [5.74, 6) is -1.11. The van der Waals surface area contributed by atoms with E-state index in [0.29, 0.717) is 5.69 Å². The lowest BCUT2D eigenvalue weighted by molar-refractivity contribution is -0.113. The van der Waals surface area contributed by atoms with Gasteiger partial charge < -0.3 is 5.32 Å². The summed E-state index contributed by atoms with van der Waals surface area (Å²) in [6, 6.07) is 18.2. The van der Waals surface area contributed by atoms with Crippen molar-refractivity contribution in [1.29, 1.82) is 0 Å². The van der Waals surface area contributed by atoms with Crippen LogP contribution in [0, 0.1) is 6.92 Å². The van der Waals surface area contributed by atoms with E-state index in [9.17, 15) is 13.2 Å². The zero-order valence-corrected chi connectivity index (χ0v) is 15.6. The highest BCUT2D eigenvalue weighted by atomic mass is 32.2. The number of para-hydroxylation sites is 1. The maximum absolute atomic E-state index is 12.7. The second kappa shape index (κ2) is 7.30. The first kappa shape index (κ1) is 18.1. The largest absolute Gasteiger partial charge is 0.325 e. The SMILES string of the molecule is CCc1cccc(C)c1NC(=O)CS(=O)(=O)c1ccc2ccccc2c1. The van der Waals surface area contributed by atoms with E-state index in [1.54, 1.807) is 18.2 Å². The van der Waals surface area contributed by atoms with Gasteiger partial charge in [0.25, 0.3) is 0 Å². The third kappa shape index (κ3) is 3.78. The van der Waals surface area contributed by atoms with Gasteiger partial charge in [0.05, 0.1) is 4.90 Å². The Kier molecular flexibility index (Phi) is 5.09. The van der Waals surface area contributed by atoms with Gasteiger partial charge in [0, 0.05) is 5.69 Å². The van der Waals surface area contributed by atoms with E-state index in [1.807, 2.05) is 56.3 Å². The van der Waals surface area contributed by atoms with Crippen LogP contribution in [0.5, 0.6) is 0 Å². The number of carbonyl (C=O) groups is 1. The predicted octanol–water partition coefficient (Wildman–Crippen LogP) is 4.12. The molecule has 0 aromatic heterocycles. The van der Waals surface area contributed by atoms with Crippen molar-refractivity contribution in [3.05, 3.63) is 71.8 Å². The molecule has 134 valence electrons. The van der Waals surface area contributed by atoms with E-state index in [1.165, 1.54) is 0 Å². The van der Waals surface area contributed by atoms with Crippen LogP contribution in [0.25, 0.3) is 10.8 Å². The molecule has 3 aromatic carbocycles. The molecule has 3 rings (SSSR count). The Hall–Kier alpha value is -2.66. The highest BCUT2D eigenvalue weighted by Crippen LogP contribution is 2.23. The Bertz CT molecular complexity index is 1070. The van der Waals surface area contributed by atoms with Gasteiger partial charge in [0.2, 0.25) is 5.91 Å². The fourth-order valence-electron chi connectivity index (χ4n) is 2.99. The highest BCUT2D eigenvalue weighted by molar-refractivity contribution is 7.92. The molecule has 0 atom stereocenters. The number of nitrogens with one attached hydrogen (secondary N) is 1. The molecule has 1 amide bonds. The van der Waals surface area contributed by atoms with Gasteiger partial charge in [-0.1, -0.05) is 55.5 Å². The zero-order chi connectivity index (χ0) is 18.7. The second-order valence-electron chi connectivity index (χ2n) is 6.28. The topological polar surface area (TPSA) is 63.2 Å². The second-order valence-corrected chi connectivity index (χ2v) is 8.27. The number of hydrogen-bond donors (Lipinski definition) is 1. The fraction of sp³-hybridized carbons (Fsp3) is 0.190. The Morgan fingerprint density at radius 1 is 0.962 bits per heavy atom. The average Bonchev–Trinajstić information content (AvgIpc) is 2.62. The number of aryl methyl sites for hydroxylation is 2. The van der Waals surface area contributed by atoms with Crippen molar-refractivity contribution in [1.82, 2.24) is 0 Å². The Morgan fingerprint density at radius 2 is 1.69 bits per heavy atom. The third-order valence-electron chi connectivity index (χ3n) is 4.41. The van der Waals surface area contributed by atoms with Gasteiger partial charge in [-0.05, 0) is 47.4 Å². The van der Waals surface area contributed by atoms with Crippen molar-refractivity contribution in [2.75, 3.05) is 11.1 Å². The van der Waals surface area contributed by atoms with Gasteiger partial charge in [-0.3, -0.25) is 4.79 Å². The summed E-state index contributed by atoms with van der Waals surface area (Å²) in [7, 11) is -3.72. The van der Waals surface area contributed by atoms with E-state index >= 15 is 0 Å². The Balaban J connectivity index is 1.83. The van der Waals surface area contributed by atoms with Crippen LogP contribution in [-0.2, 0) is 21.1 Å². The molecule has 0 saturated carbocycles. The van der Waals surface area contributed by atoms with Crippen LogP contribution in [-0.4, -0.2) is 20.1 Å². The van der Waals surface area contributed by atoms with Crippen LogP contribution >= 0.6 is 0 Å². The van der Waals surface area contributed by atoms with Crippen LogP contribution in [0.4, 0.5) is 5.69 Å². The minimum atomic E-state index is -3.72. The molecule has 4 nitrogen and oxygen atoms in total. The van der Waals surface area contributed by atoms with Gasteiger partial charge in [0.15, 0.2) is 9.84 Å². The van der Waals surface area contributed by atoms with E-state index in [-0.39, 0.29) is 4.90 Å². The summed E-state index contributed by atoms with van der Waals surface area (Å²) < 4.78 is 25.3. The van der Waals surface area contributed by atoms with Crippen LogP contribution in [0.15, 0.2) is 65.6 Å². The van der Waals surface area contributed by atoms with E-state index in [4.69, 9.17) is 0 Å². The molecule has 26 heavy (non-hydrogen) atoms. The number of rotatable bonds is 5. The number of hydrogen-bond acceptors (Lipinski definition) is 3. The summed E-state index contributed by atoms with van der Waals surface area (Å²) >= 11 is 0. The third-order valence-corrected chi connectivity index (χ3v) is 6.02. The molecule has 5 heteroatoms. The maximum atomic E-state index is 12.7. The van der Waals surface area contributed by atoms with Gasteiger partial charge in [0.1, 0.15) is 5.75 Å². The normalized spacial score (nSPS) is 11.5. The number of amides is 1. The van der Waals surface area contributed by atoms with Crippen molar-refractivity contribution in [3.63, 3.8) is 0 Å². The van der Waals surface area contributed by atoms with E-state index < -0.39 is 21.5 Å². The molecule has 0 heterocycles. The first-order valence-electron chi connectivity index (χ1n) is 8.50. The Morgan fingerprint density at radius 3 is 2.42 bits per heavy atom. The lowest BCUT2D eigenvalue weighted by Gasteiger charge is -2.13. The molecule has 0 spiro atoms. The van der Waals surface area contributed by atoms with Gasteiger partial charge in [-0.25, -0.2) is 8.42 Å².